The largest absolute Gasteiger partial charge is 0.508 e. The summed E-state index contributed by atoms with van der Waals surface area (Å²) in [6.45, 7) is -0.250. The number of hydrogen-bond acceptors (Lipinski definition) is 3. The molecule has 0 heterocycles. The average Bonchev–Trinajstić information content (AvgIpc) is 1.88. The number of benzene rings is 1. The monoisotopic (exact) mass is 155 g/mol. The standard InChI is InChI=1S/C6H7NO.CH2O2/c7-5-2-1-3-6(8)4-5;2-1-3/h1-4,8H,7H2;1H,(H,2,3). The van der Waals surface area contributed by atoms with Gasteiger partial charge in [0.1, 0.15) is 5.75 Å². The summed E-state index contributed by atoms with van der Waals surface area (Å²) in [7, 11) is 0. The Balaban J connectivity index is 0.000000292. The summed E-state index contributed by atoms with van der Waals surface area (Å²) in [5, 5.41) is 15.6. The highest BCUT2D eigenvalue weighted by molar-refractivity contribution is 5.42. The molecule has 0 aliphatic rings. The van der Waals surface area contributed by atoms with E-state index in [2.05, 4.69) is 0 Å². The zero-order valence-corrected chi connectivity index (χ0v) is 5.77. The molecule has 0 bridgehead atoms. The fraction of sp³-hybridized carbons (Fsp3) is 0. The number of carbonyl (C=O) groups is 1. The summed E-state index contributed by atoms with van der Waals surface area (Å²) in [5.74, 6) is 0.213. The third-order valence-corrected chi connectivity index (χ3v) is 0.870. The summed E-state index contributed by atoms with van der Waals surface area (Å²) in [4.78, 5) is 8.36. The van der Waals surface area contributed by atoms with Crippen molar-refractivity contribution in [2.24, 2.45) is 0 Å². The first-order chi connectivity index (χ1) is 5.20. The highest BCUT2D eigenvalue weighted by Gasteiger charge is 1.83. The van der Waals surface area contributed by atoms with Crippen LogP contribution in [-0.2, 0) is 4.79 Å². The fourth-order valence-electron chi connectivity index (χ4n) is 0.525. The molecule has 1 aromatic carbocycles. The molecular formula is C7H9NO3. The Morgan fingerprint density at radius 1 is 1.45 bits per heavy atom. The Labute approximate surface area is 63.9 Å². The first-order valence-corrected chi connectivity index (χ1v) is 2.83. The highest BCUT2D eigenvalue weighted by Crippen LogP contribution is 2.10. The minimum atomic E-state index is -0.250. The van der Waals surface area contributed by atoms with Crippen LogP contribution in [0.5, 0.6) is 5.75 Å². The van der Waals surface area contributed by atoms with Crippen molar-refractivity contribution in [1.82, 2.24) is 0 Å². The zero-order valence-electron chi connectivity index (χ0n) is 5.77. The topological polar surface area (TPSA) is 83.5 Å². The van der Waals surface area contributed by atoms with Gasteiger partial charge in [0.05, 0.1) is 0 Å². The van der Waals surface area contributed by atoms with Crippen LogP contribution in [0.4, 0.5) is 5.69 Å². The van der Waals surface area contributed by atoms with Gasteiger partial charge in [0, 0.05) is 11.8 Å². The van der Waals surface area contributed by atoms with Gasteiger partial charge in [-0.15, -0.1) is 0 Å². The smallest absolute Gasteiger partial charge is 0.290 e. The lowest BCUT2D eigenvalue weighted by molar-refractivity contribution is -0.122. The van der Waals surface area contributed by atoms with Crippen LogP contribution in [0.2, 0.25) is 0 Å². The maximum Gasteiger partial charge on any atom is 0.290 e. The van der Waals surface area contributed by atoms with E-state index in [9.17, 15) is 0 Å². The number of aromatic hydroxyl groups is 1. The van der Waals surface area contributed by atoms with Crippen LogP contribution in [0, 0.1) is 0 Å². The lowest BCUT2D eigenvalue weighted by Crippen LogP contribution is -1.80. The molecule has 0 radical (unpaired) electrons. The molecule has 0 saturated carbocycles. The molecular weight excluding hydrogens is 146 g/mol. The van der Waals surface area contributed by atoms with E-state index in [1.807, 2.05) is 0 Å². The molecule has 0 aromatic heterocycles. The van der Waals surface area contributed by atoms with Crippen molar-refractivity contribution in [3.05, 3.63) is 24.3 Å². The zero-order chi connectivity index (χ0) is 8.69. The average molecular weight is 155 g/mol. The molecule has 0 saturated heterocycles. The maximum atomic E-state index is 8.73. The number of anilines is 1. The van der Waals surface area contributed by atoms with E-state index < -0.39 is 0 Å². The van der Waals surface area contributed by atoms with Crippen molar-refractivity contribution >= 4 is 12.2 Å². The number of carboxylic acid groups (broad SMARTS) is 1. The second-order valence-electron chi connectivity index (χ2n) is 1.70. The number of phenolic OH excluding ortho intramolecular Hbond substituents is 1. The second-order valence-corrected chi connectivity index (χ2v) is 1.70. The highest BCUT2D eigenvalue weighted by atomic mass is 16.3. The van der Waals surface area contributed by atoms with Gasteiger partial charge < -0.3 is 15.9 Å². The van der Waals surface area contributed by atoms with Crippen LogP contribution in [0.15, 0.2) is 24.3 Å². The summed E-state index contributed by atoms with van der Waals surface area (Å²) in [6, 6.07) is 6.50. The van der Waals surface area contributed by atoms with Crippen molar-refractivity contribution < 1.29 is 15.0 Å². The van der Waals surface area contributed by atoms with Crippen molar-refractivity contribution in [2.75, 3.05) is 5.73 Å². The molecule has 0 spiro atoms. The van der Waals surface area contributed by atoms with Crippen molar-refractivity contribution in [1.29, 1.82) is 0 Å². The van der Waals surface area contributed by atoms with E-state index in [-0.39, 0.29) is 12.2 Å². The Hall–Kier alpha value is -1.71. The first-order valence-electron chi connectivity index (χ1n) is 2.83. The molecule has 1 aromatic rings. The lowest BCUT2D eigenvalue weighted by Gasteiger charge is -1.90. The van der Waals surface area contributed by atoms with Gasteiger partial charge in [-0.3, -0.25) is 4.79 Å². The molecule has 0 aliphatic heterocycles. The van der Waals surface area contributed by atoms with Crippen molar-refractivity contribution in [3.63, 3.8) is 0 Å². The van der Waals surface area contributed by atoms with Crippen LogP contribution in [0.1, 0.15) is 0 Å². The Bertz CT molecular complexity index is 207. The second kappa shape index (κ2) is 5.10. The fourth-order valence-corrected chi connectivity index (χ4v) is 0.525. The molecule has 0 atom stereocenters. The van der Waals surface area contributed by atoms with Gasteiger partial charge >= 0.3 is 0 Å². The van der Waals surface area contributed by atoms with Gasteiger partial charge in [-0.1, -0.05) is 6.07 Å². The lowest BCUT2D eigenvalue weighted by atomic mass is 10.3. The van der Waals surface area contributed by atoms with E-state index in [0.717, 1.165) is 0 Å². The summed E-state index contributed by atoms with van der Waals surface area (Å²) in [5.41, 5.74) is 5.89. The minimum absolute atomic E-state index is 0.213. The van der Waals surface area contributed by atoms with Gasteiger partial charge in [-0.05, 0) is 12.1 Å². The number of nitrogens with two attached hydrogens (primary N) is 1. The van der Waals surface area contributed by atoms with E-state index in [1.165, 1.54) is 6.07 Å². The van der Waals surface area contributed by atoms with Crippen molar-refractivity contribution in [2.45, 2.75) is 0 Å². The van der Waals surface area contributed by atoms with Crippen LogP contribution in [-0.4, -0.2) is 16.7 Å². The van der Waals surface area contributed by atoms with Crippen LogP contribution in [0.3, 0.4) is 0 Å². The SMILES string of the molecule is Nc1cccc(O)c1.O=CO. The van der Waals surface area contributed by atoms with E-state index in [0.29, 0.717) is 5.69 Å². The normalized spacial score (nSPS) is 7.64. The van der Waals surface area contributed by atoms with Crippen LogP contribution in [0.25, 0.3) is 0 Å². The molecule has 0 aliphatic carbocycles. The van der Waals surface area contributed by atoms with Gasteiger partial charge in [-0.25, -0.2) is 0 Å². The Kier molecular flexibility index (Phi) is 4.31. The van der Waals surface area contributed by atoms with E-state index >= 15 is 0 Å². The van der Waals surface area contributed by atoms with Crippen molar-refractivity contribution in [3.8, 4) is 5.75 Å². The molecule has 4 nitrogen and oxygen atoms in total. The molecule has 4 N–H and O–H groups in total. The summed E-state index contributed by atoms with van der Waals surface area (Å²) >= 11 is 0. The molecule has 4 heteroatoms. The van der Waals surface area contributed by atoms with Crippen LogP contribution < -0.4 is 5.73 Å². The molecule has 0 unspecified atom stereocenters. The molecule has 1 rings (SSSR count). The third-order valence-electron chi connectivity index (χ3n) is 0.870. The molecule has 0 amide bonds. The summed E-state index contributed by atoms with van der Waals surface area (Å²) in [6.07, 6.45) is 0. The Morgan fingerprint density at radius 3 is 2.27 bits per heavy atom. The quantitative estimate of drug-likeness (QED) is 0.380. The molecule has 0 fully saturated rings. The predicted molar refractivity (Wildman–Crippen MR) is 41.2 cm³/mol. The van der Waals surface area contributed by atoms with Gasteiger partial charge in [0.2, 0.25) is 0 Å². The van der Waals surface area contributed by atoms with Gasteiger partial charge in [0.25, 0.3) is 6.47 Å². The third kappa shape index (κ3) is 4.77. The minimum Gasteiger partial charge on any atom is -0.508 e. The molecule has 60 valence electrons. The number of hydrogen-bond donors (Lipinski definition) is 3. The van der Waals surface area contributed by atoms with E-state index in [4.69, 9.17) is 20.7 Å². The van der Waals surface area contributed by atoms with Gasteiger partial charge in [0.15, 0.2) is 0 Å². The first kappa shape index (κ1) is 9.29. The number of rotatable bonds is 0. The Morgan fingerprint density at radius 2 is 2.00 bits per heavy atom. The van der Waals surface area contributed by atoms with E-state index in [1.54, 1.807) is 18.2 Å². The molecule has 11 heavy (non-hydrogen) atoms. The predicted octanol–water partition coefficient (Wildman–Crippen LogP) is 0.675. The number of nitrogen functional groups attached to an aromatic ring is 1. The maximum absolute atomic E-state index is 8.73. The summed E-state index contributed by atoms with van der Waals surface area (Å²) < 4.78 is 0. The number of phenols is 1. The van der Waals surface area contributed by atoms with Crippen LogP contribution >= 0.6 is 0 Å². The van der Waals surface area contributed by atoms with Gasteiger partial charge in [-0.2, -0.15) is 0 Å².